The Morgan fingerprint density at radius 2 is 2.29 bits per heavy atom. The summed E-state index contributed by atoms with van der Waals surface area (Å²) in [4.78, 5) is 4.26. The van der Waals surface area contributed by atoms with Crippen molar-refractivity contribution in [3.8, 4) is 0 Å². The van der Waals surface area contributed by atoms with Crippen LogP contribution in [0.25, 0.3) is 0 Å². The molecule has 14 heavy (non-hydrogen) atoms. The third kappa shape index (κ3) is 1.48. The van der Waals surface area contributed by atoms with Crippen molar-refractivity contribution in [2.24, 2.45) is 18.7 Å². The van der Waals surface area contributed by atoms with Crippen molar-refractivity contribution in [1.82, 2.24) is 14.8 Å². The molecule has 1 aromatic heterocycles. The van der Waals surface area contributed by atoms with Gasteiger partial charge in [0.2, 0.25) is 5.95 Å². The van der Waals surface area contributed by atoms with Crippen molar-refractivity contribution in [3.63, 3.8) is 0 Å². The van der Waals surface area contributed by atoms with Crippen LogP contribution >= 0.6 is 0 Å². The van der Waals surface area contributed by atoms with Crippen LogP contribution in [0.4, 0.5) is 5.95 Å². The minimum atomic E-state index is 0.420. The topological polar surface area (TPSA) is 82.8 Å². The van der Waals surface area contributed by atoms with Crippen molar-refractivity contribution in [1.29, 1.82) is 0 Å². The van der Waals surface area contributed by atoms with Gasteiger partial charge in [-0.15, -0.1) is 0 Å². The summed E-state index contributed by atoms with van der Waals surface area (Å²) in [6, 6.07) is 0. The Hall–Kier alpha value is -1.10. The van der Waals surface area contributed by atoms with Gasteiger partial charge in [-0.2, -0.15) is 10.1 Å². The van der Waals surface area contributed by atoms with Crippen molar-refractivity contribution in [3.05, 3.63) is 5.82 Å². The van der Waals surface area contributed by atoms with Crippen molar-refractivity contribution in [2.45, 2.75) is 25.2 Å². The average molecular weight is 195 g/mol. The molecular formula is C9H17N5. The molecule has 4 N–H and O–H groups in total. The third-order valence-corrected chi connectivity index (χ3v) is 3.11. The minimum Gasteiger partial charge on any atom is -0.368 e. The summed E-state index contributed by atoms with van der Waals surface area (Å²) < 4.78 is 1.63. The molecule has 1 aliphatic carbocycles. The largest absolute Gasteiger partial charge is 0.368 e. The van der Waals surface area contributed by atoms with Gasteiger partial charge in [0.25, 0.3) is 0 Å². The molecule has 0 bridgehead atoms. The van der Waals surface area contributed by atoms with E-state index in [0.29, 0.717) is 17.8 Å². The Labute approximate surface area is 83.5 Å². The van der Waals surface area contributed by atoms with Gasteiger partial charge in [0, 0.05) is 13.0 Å². The van der Waals surface area contributed by atoms with E-state index in [1.54, 1.807) is 4.68 Å². The maximum atomic E-state index is 5.71. The molecule has 2 rings (SSSR count). The molecule has 2 atom stereocenters. The normalized spacial score (nSPS) is 27.0. The Kier molecular flexibility index (Phi) is 2.41. The van der Waals surface area contributed by atoms with Gasteiger partial charge in [0.05, 0.1) is 0 Å². The van der Waals surface area contributed by atoms with Crippen LogP contribution in [0.15, 0.2) is 0 Å². The molecule has 1 aromatic rings. The molecule has 0 amide bonds. The number of anilines is 1. The summed E-state index contributed by atoms with van der Waals surface area (Å²) in [6.07, 6.45) is 3.56. The molecule has 1 saturated carbocycles. The SMILES string of the molecule is Cn1nc(C2CCCC2CN)nc1N. The van der Waals surface area contributed by atoms with Crippen LogP contribution in [-0.4, -0.2) is 21.3 Å². The fraction of sp³-hybridized carbons (Fsp3) is 0.778. The van der Waals surface area contributed by atoms with Crippen LogP contribution in [0, 0.1) is 5.92 Å². The van der Waals surface area contributed by atoms with Crippen LogP contribution in [-0.2, 0) is 7.05 Å². The molecular weight excluding hydrogens is 178 g/mol. The first kappa shape index (κ1) is 9.45. The lowest BCUT2D eigenvalue weighted by atomic mass is 9.96. The molecule has 78 valence electrons. The molecule has 5 heteroatoms. The molecule has 0 saturated heterocycles. The highest BCUT2D eigenvalue weighted by atomic mass is 15.4. The maximum Gasteiger partial charge on any atom is 0.218 e. The van der Waals surface area contributed by atoms with Crippen LogP contribution < -0.4 is 11.5 Å². The Morgan fingerprint density at radius 1 is 1.50 bits per heavy atom. The summed E-state index contributed by atoms with van der Waals surface area (Å²) >= 11 is 0. The van der Waals surface area contributed by atoms with E-state index < -0.39 is 0 Å². The number of aromatic nitrogens is 3. The molecule has 0 spiro atoms. The Bertz CT molecular complexity index is 300. The molecule has 1 fully saturated rings. The molecule has 0 radical (unpaired) electrons. The average Bonchev–Trinajstić information content (AvgIpc) is 2.73. The minimum absolute atomic E-state index is 0.420. The van der Waals surface area contributed by atoms with Gasteiger partial charge in [-0.3, -0.25) is 0 Å². The van der Waals surface area contributed by atoms with E-state index >= 15 is 0 Å². The maximum absolute atomic E-state index is 5.71. The van der Waals surface area contributed by atoms with E-state index in [4.69, 9.17) is 11.5 Å². The molecule has 5 nitrogen and oxygen atoms in total. The number of nitrogens with two attached hydrogens (primary N) is 2. The number of nitrogens with zero attached hydrogens (tertiary/aromatic N) is 3. The van der Waals surface area contributed by atoms with Gasteiger partial charge in [0.15, 0.2) is 5.82 Å². The predicted molar refractivity (Wildman–Crippen MR) is 54.6 cm³/mol. The zero-order chi connectivity index (χ0) is 10.1. The zero-order valence-corrected chi connectivity index (χ0v) is 8.48. The lowest BCUT2D eigenvalue weighted by Gasteiger charge is -2.13. The van der Waals surface area contributed by atoms with Crippen molar-refractivity contribution < 1.29 is 0 Å². The first-order valence-electron chi connectivity index (χ1n) is 5.09. The van der Waals surface area contributed by atoms with E-state index in [1.165, 1.54) is 12.8 Å². The highest BCUT2D eigenvalue weighted by Gasteiger charge is 2.30. The van der Waals surface area contributed by atoms with Crippen LogP contribution in [0.3, 0.4) is 0 Å². The monoisotopic (exact) mass is 195 g/mol. The summed E-state index contributed by atoms with van der Waals surface area (Å²) in [5.41, 5.74) is 11.4. The van der Waals surface area contributed by atoms with Gasteiger partial charge < -0.3 is 11.5 Å². The number of hydrogen-bond donors (Lipinski definition) is 2. The van der Waals surface area contributed by atoms with Gasteiger partial charge >= 0.3 is 0 Å². The standard InChI is InChI=1S/C9H17N5/c1-14-9(11)12-8(13-14)7-4-2-3-6(7)5-10/h6-7H,2-5,10H2,1H3,(H2,11,12,13). The van der Waals surface area contributed by atoms with Crippen molar-refractivity contribution >= 4 is 5.95 Å². The highest BCUT2D eigenvalue weighted by Crippen LogP contribution is 2.37. The van der Waals surface area contributed by atoms with E-state index in [2.05, 4.69) is 10.1 Å². The van der Waals surface area contributed by atoms with E-state index in [-0.39, 0.29) is 0 Å². The Morgan fingerprint density at radius 3 is 2.86 bits per heavy atom. The molecule has 0 aliphatic heterocycles. The molecule has 1 heterocycles. The summed E-state index contributed by atoms with van der Waals surface area (Å²) in [7, 11) is 1.82. The van der Waals surface area contributed by atoms with Crippen LogP contribution in [0.5, 0.6) is 0 Å². The number of aryl methyl sites for hydroxylation is 1. The lowest BCUT2D eigenvalue weighted by Crippen LogP contribution is -2.18. The van der Waals surface area contributed by atoms with E-state index in [1.807, 2.05) is 7.05 Å². The molecule has 1 aliphatic rings. The number of rotatable bonds is 2. The molecule has 0 aromatic carbocycles. The van der Waals surface area contributed by atoms with Gasteiger partial charge in [-0.1, -0.05) is 6.42 Å². The second-order valence-electron chi connectivity index (χ2n) is 3.98. The highest BCUT2D eigenvalue weighted by molar-refractivity contribution is 5.18. The smallest absolute Gasteiger partial charge is 0.218 e. The van der Waals surface area contributed by atoms with Gasteiger partial charge in [-0.25, -0.2) is 4.68 Å². The van der Waals surface area contributed by atoms with E-state index in [9.17, 15) is 0 Å². The second-order valence-corrected chi connectivity index (χ2v) is 3.98. The predicted octanol–water partition coefficient (Wildman–Crippen LogP) is 0.240. The fourth-order valence-corrected chi connectivity index (χ4v) is 2.23. The zero-order valence-electron chi connectivity index (χ0n) is 8.48. The third-order valence-electron chi connectivity index (χ3n) is 3.11. The summed E-state index contributed by atoms with van der Waals surface area (Å²) in [5.74, 6) is 2.32. The second kappa shape index (κ2) is 3.57. The number of nitrogen functional groups attached to an aromatic ring is 1. The first-order valence-corrected chi connectivity index (χ1v) is 5.09. The summed E-state index contributed by atoms with van der Waals surface area (Å²) in [6.45, 7) is 0.725. The molecule has 2 unspecified atom stereocenters. The van der Waals surface area contributed by atoms with Crippen LogP contribution in [0.1, 0.15) is 31.0 Å². The van der Waals surface area contributed by atoms with Gasteiger partial charge in [0.1, 0.15) is 0 Å². The van der Waals surface area contributed by atoms with Crippen molar-refractivity contribution in [2.75, 3.05) is 12.3 Å². The quantitative estimate of drug-likeness (QED) is 0.708. The first-order chi connectivity index (χ1) is 6.72. The van der Waals surface area contributed by atoms with Crippen LogP contribution in [0.2, 0.25) is 0 Å². The van der Waals surface area contributed by atoms with E-state index in [0.717, 1.165) is 18.8 Å². The summed E-state index contributed by atoms with van der Waals surface area (Å²) in [5, 5.41) is 4.32. The lowest BCUT2D eigenvalue weighted by molar-refractivity contribution is 0.475. The Balaban J connectivity index is 2.21. The van der Waals surface area contributed by atoms with Gasteiger partial charge in [-0.05, 0) is 25.3 Å². The fourth-order valence-electron chi connectivity index (χ4n) is 2.23. The number of hydrogen-bond acceptors (Lipinski definition) is 4.